The van der Waals surface area contributed by atoms with Crippen molar-refractivity contribution in [3.63, 3.8) is 0 Å². The Morgan fingerprint density at radius 1 is 0.406 bits per heavy atom. The van der Waals surface area contributed by atoms with E-state index in [1.54, 1.807) is 0 Å². The van der Waals surface area contributed by atoms with Gasteiger partial charge in [-0.15, -0.1) is 0 Å². The normalized spacial score (nSPS) is 26.9. The Balaban J connectivity index is 1.64. The molecule has 1 saturated heterocycles. The molecule has 0 unspecified atom stereocenters. The van der Waals surface area contributed by atoms with E-state index in [1.165, 1.54) is 11.1 Å². The van der Waals surface area contributed by atoms with Crippen LogP contribution in [0, 0.1) is 0 Å². The number of nitrogens with zero attached hydrogens (tertiary/aromatic N) is 2. The predicted octanol–water partition coefficient (Wildman–Crippen LogP) is 1.42. The summed E-state index contributed by atoms with van der Waals surface area (Å²) in [7, 11) is 0. The summed E-state index contributed by atoms with van der Waals surface area (Å²) in [5, 5.41) is 0. The molecule has 3 aliphatic rings. The molecule has 32 heavy (non-hydrogen) atoms. The van der Waals surface area contributed by atoms with E-state index in [0.717, 1.165) is 39.3 Å². The van der Waals surface area contributed by atoms with E-state index in [0.29, 0.717) is 79.3 Å². The molecular weight excluding hydrogens is 412 g/mol. The monoisotopic (exact) mass is 452 g/mol. The first kappa shape index (κ1) is 25.5. The molecule has 1 aromatic carbocycles. The fraction of sp³-hybridized carbons (Fsp3) is 0.750. The van der Waals surface area contributed by atoms with E-state index < -0.39 is 0 Å². The van der Waals surface area contributed by atoms with Gasteiger partial charge in [0.15, 0.2) is 0 Å². The van der Waals surface area contributed by atoms with E-state index >= 15 is 0 Å². The summed E-state index contributed by atoms with van der Waals surface area (Å²) in [5.41, 5.74) is 2.38. The lowest BCUT2D eigenvalue weighted by atomic mass is 10.1. The first-order chi connectivity index (χ1) is 15.9. The van der Waals surface area contributed by atoms with Crippen LogP contribution in [-0.2, 0) is 41.6 Å². The average Bonchev–Trinajstić information content (AvgIpc) is 2.81. The molecule has 0 amide bonds. The fourth-order valence-electron chi connectivity index (χ4n) is 3.68. The summed E-state index contributed by atoms with van der Waals surface area (Å²) in [6.45, 7) is 12.8. The second-order valence-electron chi connectivity index (χ2n) is 8.01. The molecular formula is C24H40N2O6. The molecule has 4 rings (SSSR count). The maximum Gasteiger partial charge on any atom is 0.0721 e. The van der Waals surface area contributed by atoms with Gasteiger partial charge in [0, 0.05) is 39.3 Å². The van der Waals surface area contributed by atoms with Gasteiger partial charge in [0.1, 0.15) is 0 Å². The van der Waals surface area contributed by atoms with Crippen molar-refractivity contribution in [3.05, 3.63) is 35.4 Å². The molecule has 0 N–H and O–H groups in total. The third-order valence-corrected chi connectivity index (χ3v) is 5.69. The summed E-state index contributed by atoms with van der Waals surface area (Å²) in [6.07, 6.45) is 0. The first-order valence-corrected chi connectivity index (χ1v) is 11.9. The maximum absolute atomic E-state index is 6.02. The molecule has 0 atom stereocenters. The van der Waals surface area contributed by atoms with Crippen LogP contribution in [0.5, 0.6) is 0 Å². The van der Waals surface area contributed by atoms with Crippen LogP contribution >= 0.6 is 0 Å². The number of hydrogen-bond acceptors (Lipinski definition) is 8. The van der Waals surface area contributed by atoms with Crippen LogP contribution < -0.4 is 0 Å². The molecule has 3 heterocycles. The lowest BCUT2D eigenvalue weighted by molar-refractivity contribution is -0.00108. The quantitative estimate of drug-likeness (QED) is 0.586. The summed E-state index contributed by atoms with van der Waals surface area (Å²) >= 11 is 0. The van der Waals surface area contributed by atoms with Crippen LogP contribution in [0.2, 0.25) is 0 Å². The van der Waals surface area contributed by atoms with Gasteiger partial charge in [-0.2, -0.15) is 0 Å². The van der Waals surface area contributed by atoms with Gasteiger partial charge in [-0.3, -0.25) is 9.80 Å². The standard InChI is InChI=1S/C24H40N2O6/c1-2-4-24-22-32-16-10-26-7-13-29-19-17-27-11-5-25(9-15-31-21-23(24)3-1)6-12-28-18-20-30-14-8-26/h1-4H,5-22H2. The molecule has 1 fully saturated rings. The highest BCUT2D eigenvalue weighted by Crippen LogP contribution is 2.12. The molecule has 0 aliphatic carbocycles. The van der Waals surface area contributed by atoms with Crippen molar-refractivity contribution in [2.24, 2.45) is 0 Å². The van der Waals surface area contributed by atoms with Gasteiger partial charge in [0.2, 0.25) is 0 Å². The molecule has 0 saturated carbocycles. The molecule has 0 spiro atoms. The number of hydrogen-bond donors (Lipinski definition) is 0. The number of rotatable bonds is 0. The minimum absolute atomic E-state index is 0.598. The van der Waals surface area contributed by atoms with E-state index in [1.807, 2.05) is 0 Å². The lowest BCUT2D eigenvalue weighted by Crippen LogP contribution is -2.35. The topological polar surface area (TPSA) is 61.9 Å². The van der Waals surface area contributed by atoms with Crippen LogP contribution in [0.4, 0.5) is 0 Å². The Morgan fingerprint density at radius 2 is 0.719 bits per heavy atom. The van der Waals surface area contributed by atoms with Crippen LogP contribution in [0.15, 0.2) is 24.3 Å². The Morgan fingerprint density at radius 3 is 1.06 bits per heavy atom. The van der Waals surface area contributed by atoms with Crippen molar-refractivity contribution in [1.82, 2.24) is 9.80 Å². The van der Waals surface area contributed by atoms with Crippen LogP contribution in [0.25, 0.3) is 0 Å². The zero-order chi connectivity index (χ0) is 22.1. The Bertz CT molecular complexity index is 535. The van der Waals surface area contributed by atoms with Crippen molar-refractivity contribution < 1.29 is 28.4 Å². The van der Waals surface area contributed by atoms with Crippen molar-refractivity contribution in [2.45, 2.75) is 13.2 Å². The van der Waals surface area contributed by atoms with Crippen LogP contribution in [0.1, 0.15) is 11.1 Å². The zero-order valence-electron chi connectivity index (χ0n) is 19.4. The van der Waals surface area contributed by atoms with Gasteiger partial charge in [0.25, 0.3) is 0 Å². The molecule has 8 nitrogen and oxygen atoms in total. The highest BCUT2D eigenvalue weighted by Gasteiger charge is 2.10. The van der Waals surface area contributed by atoms with Crippen molar-refractivity contribution >= 4 is 0 Å². The SMILES string of the molecule is c1ccc2c(c1)COCCN1CCOCCOCCN(CCOCCOCC1)CCOC2. The smallest absolute Gasteiger partial charge is 0.0721 e. The molecule has 0 aromatic heterocycles. The van der Waals surface area contributed by atoms with E-state index in [9.17, 15) is 0 Å². The highest BCUT2D eigenvalue weighted by atomic mass is 16.5. The zero-order valence-corrected chi connectivity index (χ0v) is 19.4. The first-order valence-electron chi connectivity index (χ1n) is 11.9. The fourth-order valence-corrected chi connectivity index (χ4v) is 3.68. The minimum atomic E-state index is 0.598. The molecule has 182 valence electrons. The van der Waals surface area contributed by atoms with E-state index in [4.69, 9.17) is 28.4 Å². The van der Waals surface area contributed by atoms with Gasteiger partial charge >= 0.3 is 0 Å². The number of fused-ring (bicyclic) bond motifs is 20. The summed E-state index contributed by atoms with van der Waals surface area (Å²) in [6, 6.07) is 8.36. The summed E-state index contributed by atoms with van der Waals surface area (Å²) in [4.78, 5) is 4.66. The van der Waals surface area contributed by atoms with E-state index in [2.05, 4.69) is 34.1 Å². The molecule has 1 aromatic rings. The summed E-state index contributed by atoms with van der Waals surface area (Å²) in [5.74, 6) is 0. The number of ether oxygens (including phenoxy) is 6. The Labute approximate surface area is 192 Å². The molecule has 0 radical (unpaired) electrons. The van der Waals surface area contributed by atoms with Gasteiger partial charge < -0.3 is 28.4 Å². The molecule has 3 aliphatic heterocycles. The second-order valence-corrected chi connectivity index (χ2v) is 8.01. The third kappa shape index (κ3) is 10.7. The highest BCUT2D eigenvalue weighted by molar-refractivity contribution is 5.25. The maximum atomic E-state index is 6.02. The summed E-state index contributed by atoms with van der Waals surface area (Å²) < 4.78 is 35.2. The number of benzene rings is 1. The van der Waals surface area contributed by atoms with Crippen molar-refractivity contribution in [2.75, 3.05) is 105 Å². The van der Waals surface area contributed by atoms with Crippen LogP contribution in [0.3, 0.4) is 0 Å². The van der Waals surface area contributed by atoms with Gasteiger partial charge in [-0.1, -0.05) is 24.3 Å². The van der Waals surface area contributed by atoms with Crippen molar-refractivity contribution in [3.8, 4) is 0 Å². The third-order valence-electron chi connectivity index (χ3n) is 5.69. The second kappa shape index (κ2) is 16.5. The van der Waals surface area contributed by atoms with E-state index in [-0.39, 0.29) is 0 Å². The predicted molar refractivity (Wildman–Crippen MR) is 122 cm³/mol. The lowest BCUT2D eigenvalue weighted by Gasteiger charge is -2.24. The van der Waals surface area contributed by atoms with Crippen LogP contribution in [-0.4, -0.2) is 115 Å². The van der Waals surface area contributed by atoms with Gasteiger partial charge in [-0.25, -0.2) is 0 Å². The Kier molecular flexibility index (Phi) is 13.2. The molecule has 2 bridgehead atoms. The minimum Gasteiger partial charge on any atom is -0.378 e. The van der Waals surface area contributed by atoms with Crippen molar-refractivity contribution in [1.29, 1.82) is 0 Å². The Hall–Kier alpha value is -1.10. The van der Waals surface area contributed by atoms with Gasteiger partial charge in [-0.05, 0) is 11.1 Å². The van der Waals surface area contributed by atoms with Gasteiger partial charge in [0.05, 0.1) is 79.3 Å². The largest absolute Gasteiger partial charge is 0.378 e. The average molecular weight is 453 g/mol. The molecule has 8 heteroatoms.